The fourth-order valence-corrected chi connectivity index (χ4v) is 2.11. The van der Waals surface area contributed by atoms with Crippen LogP contribution in [-0.4, -0.2) is 23.7 Å². The van der Waals surface area contributed by atoms with E-state index in [9.17, 15) is 14.3 Å². The van der Waals surface area contributed by atoms with Gasteiger partial charge in [-0.3, -0.25) is 9.05 Å². The number of carbonyl (C=O) groups excluding carboxylic acids is 1. The second kappa shape index (κ2) is 7.25. The number of carbonyl (C=O) groups is 1. The number of hydrogen-bond donors (Lipinski definition) is 2. The quantitative estimate of drug-likeness (QED) is 0.741. The molecule has 2 atom stereocenters. The topological polar surface area (TPSA) is 108 Å². The third-order valence-corrected chi connectivity index (χ3v) is 3.09. The number of rotatable bonds is 7. The molecule has 0 aliphatic heterocycles. The number of benzene rings is 1. The standard InChI is InChI=1S/C11H16NO6P/c1-9(7-16-11(12)13)18-19(14,15)17-8-10-5-3-2-4-6-10/h2-6,9H,7-8H2,1H3,(H2,12,13)(H,14,15). The molecule has 0 saturated carbocycles. The van der Waals surface area contributed by atoms with Crippen LogP contribution in [0.2, 0.25) is 0 Å². The van der Waals surface area contributed by atoms with Crippen LogP contribution in [0.15, 0.2) is 30.3 Å². The van der Waals surface area contributed by atoms with Crippen molar-refractivity contribution in [2.75, 3.05) is 6.61 Å². The first kappa shape index (κ1) is 15.7. The second-order valence-electron chi connectivity index (χ2n) is 3.77. The van der Waals surface area contributed by atoms with Gasteiger partial charge in [0.15, 0.2) is 0 Å². The highest BCUT2D eigenvalue weighted by Crippen LogP contribution is 2.45. The van der Waals surface area contributed by atoms with Crippen molar-refractivity contribution in [1.82, 2.24) is 0 Å². The fraction of sp³-hybridized carbons (Fsp3) is 0.364. The van der Waals surface area contributed by atoms with Gasteiger partial charge in [-0.2, -0.15) is 0 Å². The summed E-state index contributed by atoms with van der Waals surface area (Å²) in [5, 5.41) is 0. The Hall–Kier alpha value is -1.40. The maximum Gasteiger partial charge on any atom is 0.472 e. The van der Waals surface area contributed by atoms with Crippen LogP contribution >= 0.6 is 7.82 Å². The maximum atomic E-state index is 11.6. The SMILES string of the molecule is CC(COC(N)=O)OP(=O)(O)OCc1ccccc1. The van der Waals surface area contributed by atoms with E-state index < -0.39 is 20.0 Å². The van der Waals surface area contributed by atoms with E-state index in [0.29, 0.717) is 0 Å². The van der Waals surface area contributed by atoms with E-state index in [1.807, 2.05) is 6.07 Å². The van der Waals surface area contributed by atoms with Crippen molar-refractivity contribution in [2.24, 2.45) is 5.73 Å². The lowest BCUT2D eigenvalue weighted by molar-refractivity contribution is 0.0599. The molecule has 1 rings (SSSR count). The van der Waals surface area contributed by atoms with Gasteiger partial charge in [-0.25, -0.2) is 9.36 Å². The minimum Gasteiger partial charge on any atom is -0.447 e. The van der Waals surface area contributed by atoms with Gasteiger partial charge in [0.2, 0.25) is 0 Å². The molecule has 7 nitrogen and oxygen atoms in total. The molecule has 0 bridgehead atoms. The lowest BCUT2D eigenvalue weighted by atomic mass is 10.2. The Morgan fingerprint density at radius 3 is 2.63 bits per heavy atom. The molecule has 8 heteroatoms. The van der Waals surface area contributed by atoms with Crippen LogP contribution in [0.25, 0.3) is 0 Å². The van der Waals surface area contributed by atoms with Gasteiger partial charge in [0.25, 0.3) is 0 Å². The van der Waals surface area contributed by atoms with Crippen LogP contribution < -0.4 is 5.73 Å². The summed E-state index contributed by atoms with van der Waals surface area (Å²) in [6.45, 7) is 1.17. The third-order valence-electron chi connectivity index (χ3n) is 2.01. The Labute approximate surface area is 110 Å². The van der Waals surface area contributed by atoms with Crippen LogP contribution in [0.5, 0.6) is 0 Å². The van der Waals surface area contributed by atoms with Crippen molar-refractivity contribution in [3.8, 4) is 0 Å². The Bertz CT molecular complexity index is 452. The molecule has 0 spiro atoms. The molecule has 0 aliphatic carbocycles. The zero-order valence-corrected chi connectivity index (χ0v) is 11.3. The summed E-state index contributed by atoms with van der Waals surface area (Å²) >= 11 is 0. The van der Waals surface area contributed by atoms with Crippen LogP contribution in [0.3, 0.4) is 0 Å². The van der Waals surface area contributed by atoms with Crippen LogP contribution in [-0.2, 0) is 25.0 Å². The van der Waals surface area contributed by atoms with E-state index in [-0.39, 0.29) is 13.2 Å². The summed E-state index contributed by atoms with van der Waals surface area (Å²) in [7, 11) is -4.21. The number of ether oxygens (including phenoxy) is 1. The van der Waals surface area contributed by atoms with Gasteiger partial charge < -0.3 is 15.4 Å². The molecule has 0 saturated heterocycles. The zero-order chi connectivity index (χ0) is 14.3. The molecule has 19 heavy (non-hydrogen) atoms. The number of phosphoric acid groups is 1. The van der Waals surface area contributed by atoms with E-state index in [1.165, 1.54) is 6.92 Å². The molecule has 2 unspecified atom stereocenters. The number of nitrogens with two attached hydrogens (primary N) is 1. The van der Waals surface area contributed by atoms with E-state index >= 15 is 0 Å². The summed E-state index contributed by atoms with van der Waals surface area (Å²) < 4.78 is 25.6. The summed E-state index contributed by atoms with van der Waals surface area (Å²) in [6.07, 6.45) is -1.78. The predicted octanol–water partition coefficient (Wildman–Crippen LogP) is 1.80. The van der Waals surface area contributed by atoms with E-state index in [4.69, 9.17) is 14.8 Å². The summed E-state index contributed by atoms with van der Waals surface area (Å²) in [5.41, 5.74) is 5.50. The minimum absolute atomic E-state index is 0.0575. The Morgan fingerprint density at radius 2 is 2.05 bits per heavy atom. The predicted molar refractivity (Wildman–Crippen MR) is 67.1 cm³/mol. The zero-order valence-electron chi connectivity index (χ0n) is 10.4. The molecule has 1 aromatic rings. The highest BCUT2D eigenvalue weighted by atomic mass is 31.2. The Balaban J connectivity index is 2.39. The molecular weight excluding hydrogens is 273 g/mol. The maximum absolute atomic E-state index is 11.6. The number of hydrogen-bond acceptors (Lipinski definition) is 5. The van der Waals surface area contributed by atoms with Gasteiger partial charge in [-0.1, -0.05) is 30.3 Å². The highest BCUT2D eigenvalue weighted by Gasteiger charge is 2.25. The van der Waals surface area contributed by atoms with Crippen molar-refractivity contribution in [2.45, 2.75) is 19.6 Å². The molecule has 0 aliphatic rings. The van der Waals surface area contributed by atoms with Gasteiger partial charge in [0.05, 0.1) is 6.61 Å². The number of amides is 1. The van der Waals surface area contributed by atoms with Crippen LogP contribution in [0.1, 0.15) is 12.5 Å². The molecule has 1 aromatic carbocycles. The normalized spacial score (nSPS) is 15.5. The Morgan fingerprint density at radius 1 is 1.42 bits per heavy atom. The first-order valence-corrected chi connectivity index (χ1v) is 7.00. The lowest BCUT2D eigenvalue weighted by Crippen LogP contribution is -2.21. The number of phosphoric ester groups is 1. The molecule has 0 radical (unpaired) electrons. The molecule has 0 aromatic heterocycles. The molecule has 106 valence electrons. The highest BCUT2D eigenvalue weighted by molar-refractivity contribution is 7.47. The average molecular weight is 289 g/mol. The van der Waals surface area contributed by atoms with Gasteiger partial charge in [-0.05, 0) is 12.5 Å². The van der Waals surface area contributed by atoms with Crippen molar-refractivity contribution >= 4 is 13.9 Å². The third kappa shape index (κ3) is 6.93. The van der Waals surface area contributed by atoms with Crippen LogP contribution in [0.4, 0.5) is 4.79 Å². The molecular formula is C11H16NO6P. The number of primary amides is 1. The summed E-state index contributed by atoms with van der Waals surface area (Å²) in [6, 6.07) is 8.89. The average Bonchev–Trinajstić information content (AvgIpc) is 2.35. The molecule has 1 amide bonds. The monoisotopic (exact) mass is 289 g/mol. The van der Waals surface area contributed by atoms with Crippen molar-refractivity contribution in [3.63, 3.8) is 0 Å². The minimum atomic E-state index is -4.21. The second-order valence-corrected chi connectivity index (χ2v) is 5.18. The van der Waals surface area contributed by atoms with Gasteiger partial charge >= 0.3 is 13.9 Å². The lowest BCUT2D eigenvalue weighted by Gasteiger charge is -2.17. The Kier molecular flexibility index (Phi) is 5.98. The van der Waals surface area contributed by atoms with Gasteiger partial charge in [0, 0.05) is 0 Å². The van der Waals surface area contributed by atoms with E-state index in [0.717, 1.165) is 5.56 Å². The van der Waals surface area contributed by atoms with Crippen molar-refractivity contribution in [3.05, 3.63) is 35.9 Å². The van der Waals surface area contributed by atoms with Gasteiger partial charge in [-0.15, -0.1) is 0 Å². The van der Waals surface area contributed by atoms with E-state index in [2.05, 4.69) is 4.74 Å². The summed E-state index contributed by atoms with van der Waals surface area (Å²) in [5.74, 6) is 0. The van der Waals surface area contributed by atoms with E-state index in [1.54, 1.807) is 24.3 Å². The molecule has 0 fully saturated rings. The van der Waals surface area contributed by atoms with Crippen molar-refractivity contribution in [1.29, 1.82) is 0 Å². The molecule has 3 N–H and O–H groups in total. The van der Waals surface area contributed by atoms with Crippen molar-refractivity contribution < 1.29 is 28.0 Å². The molecule has 0 heterocycles. The first-order chi connectivity index (χ1) is 8.89. The largest absolute Gasteiger partial charge is 0.472 e. The summed E-state index contributed by atoms with van der Waals surface area (Å²) in [4.78, 5) is 19.8. The fourth-order valence-electron chi connectivity index (χ4n) is 1.22. The smallest absolute Gasteiger partial charge is 0.447 e. The van der Waals surface area contributed by atoms with Gasteiger partial charge in [0.1, 0.15) is 12.7 Å². The first-order valence-electron chi connectivity index (χ1n) is 5.51. The van der Waals surface area contributed by atoms with Crippen LogP contribution in [0, 0.1) is 0 Å².